The Morgan fingerprint density at radius 2 is 1.95 bits per heavy atom. The second-order valence-electron chi connectivity index (χ2n) is 9.54. The summed E-state index contributed by atoms with van der Waals surface area (Å²) in [6.07, 6.45) is 4.44. The first-order chi connectivity index (χ1) is 18.7. The molecule has 0 saturated heterocycles. The summed E-state index contributed by atoms with van der Waals surface area (Å²) < 4.78 is 21.6. The lowest BCUT2D eigenvalue weighted by atomic mass is 10.0. The second kappa shape index (κ2) is 12.0. The Kier molecular flexibility index (Phi) is 8.50. The number of ether oxygens (including phenoxy) is 1. The number of rotatable bonds is 10. The predicted molar refractivity (Wildman–Crippen MR) is 145 cm³/mol. The molecule has 1 aliphatic carbocycles. The van der Waals surface area contributed by atoms with Gasteiger partial charge in [0.2, 0.25) is 0 Å². The minimum absolute atomic E-state index is 0.0144. The zero-order chi connectivity index (χ0) is 28.1. The van der Waals surface area contributed by atoms with Gasteiger partial charge in [-0.3, -0.25) is 9.36 Å². The number of aromatic nitrogens is 3. The zero-order valence-corrected chi connectivity index (χ0v) is 22.0. The number of carbonyl (C=O) groups is 1. The van der Waals surface area contributed by atoms with Gasteiger partial charge in [0.15, 0.2) is 5.82 Å². The highest BCUT2D eigenvalue weighted by atomic mass is 19.1. The van der Waals surface area contributed by atoms with E-state index in [4.69, 9.17) is 4.74 Å². The normalized spacial score (nSPS) is 16.5. The first kappa shape index (κ1) is 27.6. The van der Waals surface area contributed by atoms with Gasteiger partial charge in [-0.15, -0.1) is 0 Å². The van der Waals surface area contributed by atoms with Crippen LogP contribution in [0.3, 0.4) is 0 Å². The van der Waals surface area contributed by atoms with Crippen molar-refractivity contribution in [3.63, 3.8) is 0 Å². The summed E-state index contributed by atoms with van der Waals surface area (Å²) in [4.78, 5) is 27.3. The van der Waals surface area contributed by atoms with Crippen LogP contribution in [0.5, 0.6) is 17.2 Å². The quantitative estimate of drug-likeness (QED) is 0.292. The maximum absolute atomic E-state index is 14.6. The van der Waals surface area contributed by atoms with E-state index >= 15 is 0 Å². The van der Waals surface area contributed by atoms with Gasteiger partial charge in [-0.25, -0.2) is 14.3 Å². The molecule has 1 heterocycles. The number of hydrogen-bond donors (Lipinski definition) is 4. The van der Waals surface area contributed by atoms with Crippen LogP contribution in [-0.4, -0.2) is 68.2 Å². The summed E-state index contributed by atoms with van der Waals surface area (Å²) in [7, 11) is 1.57. The fourth-order valence-electron chi connectivity index (χ4n) is 4.31. The molecule has 39 heavy (non-hydrogen) atoms. The Labute approximate surface area is 225 Å². The second-order valence-corrected chi connectivity index (χ2v) is 9.54. The van der Waals surface area contributed by atoms with Crippen molar-refractivity contribution < 1.29 is 24.1 Å². The molecule has 10 nitrogen and oxygen atoms in total. The Morgan fingerprint density at radius 1 is 1.21 bits per heavy atom. The van der Waals surface area contributed by atoms with Gasteiger partial charge in [-0.1, -0.05) is 50.3 Å². The van der Waals surface area contributed by atoms with E-state index in [1.165, 1.54) is 29.2 Å². The highest BCUT2D eigenvalue weighted by molar-refractivity contribution is 5.98. The Balaban J connectivity index is 1.59. The number of para-hydroxylation sites is 1. The molecule has 1 aromatic heterocycles. The SMILES string of the molecule is CC(C)NCCOc1ccccc1CN(C)C(=O)c1cc(-c2n[nH]c(=O)n2C2C=CC=CC2F)c(O)cc1O. The van der Waals surface area contributed by atoms with Crippen molar-refractivity contribution in [3.8, 4) is 28.6 Å². The summed E-state index contributed by atoms with van der Waals surface area (Å²) in [6, 6.07) is 8.93. The van der Waals surface area contributed by atoms with E-state index in [1.807, 2.05) is 38.1 Å². The summed E-state index contributed by atoms with van der Waals surface area (Å²) in [5.41, 5.74) is -0.0546. The first-order valence-electron chi connectivity index (χ1n) is 12.6. The topological polar surface area (TPSA) is 133 Å². The average Bonchev–Trinajstić information content (AvgIpc) is 3.28. The van der Waals surface area contributed by atoms with Gasteiger partial charge in [0, 0.05) is 37.8 Å². The largest absolute Gasteiger partial charge is 0.507 e. The zero-order valence-electron chi connectivity index (χ0n) is 22.0. The molecule has 206 valence electrons. The van der Waals surface area contributed by atoms with Crippen molar-refractivity contribution in [2.45, 2.75) is 38.6 Å². The number of nitrogens with one attached hydrogen (secondary N) is 2. The molecule has 2 atom stereocenters. The van der Waals surface area contributed by atoms with Gasteiger partial charge in [-0.2, -0.15) is 5.10 Å². The summed E-state index contributed by atoms with van der Waals surface area (Å²) >= 11 is 0. The van der Waals surface area contributed by atoms with Gasteiger partial charge in [-0.05, 0) is 18.2 Å². The molecular weight excluding hydrogens is 505 g/mol. The third-order valence-corrected chi connectivity index (χ3v) is 6.27. The van der Waals surface area contributed by atoms with E-state index in [0.717, 1.165) is 16.2 Å². The fourth-order valence-corrected chi connectivity index (χ4v) is 4.31. The van der Waals surface area contributed by atoms with Crippen LogP contribution in [0.4, 0.5) is 4.39 Å². The molecule has 0 radical (unpaired) electrons. The summed E-state index contributed by atoms with van der Waals surface area (Å²) in [6.45, 7) is 5.39. The predicted octanol–water partition coefficient (Wildman–Crippen LogP) is 3.30. The van der Waals surface area contributed by atoms with Crippen molar-refractivity contribution >= 4 is 5.91 Å². The van der Waals surface area contributed by atoms with E-state index in [2.05, 4.69) is 15.5 Å². The Bertz CT molecular complexity index is 1440. The van der Waals surface area contributed by atoms with Crippen LogP contribution in [0, 0.1) is 0 Å². The van der Waals surface area contributed by atoms with Crippen molar-refractivity contribution in [3.05, 3.63) is 82.3 Å². The van der Waals surface area contributed by atoms with Crippen molar-refractivity contribution in [2.24, 2.45) is 0 Å². The van der Waals surface area contributed by atoms with Gasteiger partial charge in [0.25, 0.3) is 5.91 Å². The number of phenolic OH excluding ortho intramolecular Hbond substituents is 2. The Hall–Kier alpha value is -4.38. The smallest absolute Gasteiger partial charge is 0.344 e. The molecule has 1 aliphatic rings. The molecule has 4 N–H and O–H groups in total. The lowest BCUT2D eigenvalue weighted by molar-refractivity contribution is 0.0781. The number of nitrogens with zero attached hydrogens (tertiary/aromatic N) is 3. The molecule has 4 rings (SSSR count). The lowest BCUT2D eigenvalue weighted by Gasteiger charge is -2.22. The number of phenols is 2. The molecular formula is C28H32FN5O5. The third kappa shape index (κ3) is 6.20. The first-order valence-corrected chi connectivity index (χ1v) is 12.6. The van der Waals surface area contributed by atoms with E-state index in [1.54, 1.807) is 13.1 Å². The number of hydrogen-bond acceptors (Lipinski definition) is 7. The fraction of sp³-hybridized carbons (Fsp3) is 0.321. The lowest BCUT2D eigenvalue weighted by Crippen LogP contribution is -2.29. The average molecular weight is 538 g/mol. The Morgan fingerprint density at radius 3 is 2.69 bits per heavy atom. The van der Waals surface area contributed by atoms with E-state index in [9.17, 15) is 24.2 Å². The van der Waals surface area contributed by atoms with Crippen molar-refractivity contribution in [1.82, 2.24) is 25.0 Å². The number of H-pyrrole nitrogens is 1. The number of benzene rings is 2. The number of amides is 1. The third-order valence-electron chi connectivity index (χ3n) is 6.27. The van der Waals surface area contributed by atoms with Crippen LogP contribution in [0.2, 0.25) is 0 Å². The van der Waals surface area contributed by atoms with Crippen LogP contribution in [-0.2, 0) is 6.54 Å². The van der Waals surface area contributed by atoms with Gasteiger partial charge in [0.05, 0.1) is 17.2 Å². The van der Waals surface area contributed by atoms with Gasteiger partial charge >= 0.3 is 5.69 Å². The molecule has 0 spiro atoms. The molecule has 2 aromatic carbocycles. The maximum atomic E-state index is 14.6. The van der Waals surface area contributed by atoms with Crippen LogP contribution >= 0.6 is 0 Å². The maximum Gasteiger partial charge on any atom is 0.344 e. The van der Waals surface area contributed by atoms with Crippen LogP contribution in [0.15, 0.2) is 65.5 Å². The number of alkyl halides is 1. The van der Waals surface area contributed by atoms with Crippen LogP contribution < -0.4 is 15.7 Å². The molecule has 0 fully saturated rings. The summed E-state index contributed by atoms with van der Waals surface area (Å²) in [5, 5.41) is 30.7. The van der Waals surface area contributed by atoms with Gasteiger partial charge in [0.1, 0.15) is 30.0 Å². The van der Waals surface area contributed by atoms with Crippen molar-refractivity contribution in [1.29, 1.82) is 0 Å². The summed E-state index contributed by atoms with van der Waals surface area (Å²) in [5.74, 6) is -0.861. The van der Waals surface area contributed by atoms with E-state index in [-0.39, 0.29) is 23.5 Å². The molecule has 0 bridgehead atoms. The molecule has 11 heteroatoms. The monoisotopic (exact) mass is 537 g/mol. The highest BCUT2D eigenvalue weighted by Gasteiger charge is 2.28. The number of aromatic hydroxyl groups is 2. The minimum Gasteiger partial charge on any atom is -0.507 e. The van der Waals surface area contributed by atoms with Crippen molar-refractivity contribution in [2.75, 3.05) is 20.2 Å². The number of halogens is 1. The molecule has 1 amide bonds. The molecule has 2 unspecified atom stereocenters. The number of allylic oxidation sites excluding steroid dienone is 4. The van der Waals surface area contributed by atoms with E-state index < -0.39 is 35.3 Å². The van der Waals surface area contributed by atoms with Gasteiger partial charge < -0.3 is 25.2 Å². The molecule has 0 aliphatic heterocycles. The minimum atomic E-state index is -1.50. The van der Waals surface area contributed by atoms with Crippen LogP contribution in [0.1, 0.15) is 35.8 Å². The number of aromatic amines is 1. The number of carbonyl (C=O) groups excluding carboxylic acids is 1. The standard InChI is InChI=1S/C28H32FN5O5/c1-17(2)30-12-13-39-25-11-7-4-8-18(25)16-33(3)27(37)20-14-19(23(35)15-24(20)36)26-31-32-28(38)34(26)22-10-6-5-9-21(22)29/h4-11,14-15,17,21-22,30,35-36H,12-13,16H2,1-3H3,(H,32,38). The van der Waals surface area contributed by atoms with E-state index in [0.29, 0.717) is 24.9 Å². The molecule has 3 aromatic rings. The van der Waals surface area contributed by atoms with Crippen LogP contribution in [0.25, 0.3) is 11.4 Å². The molecule has 0 saturated carbocycles. The highest BCUT2D eigenvalue weighted by Crippen LogP contribution is 2.36.